The summed E-state index contributed by atoms with van der Waals surface area (Å²) < 4.78 is 26.0. The molecule has 2 aromatic heterocycles. The van der Waals surface area contributed by atoms with Gasteiger partial charge in [0.15, 0.2) is 4.80 Å². The van der Waals surface area contributed by atoms with E-state index in [1.165, 1.54) is 34.9 Å². The van der Waals surface area contributed by atoms with E-state index in [0.717, 1.165) is 23.5 Å². The van der Waals surface area contributed by atoms with Crippen molar-refractivity contribution in [3.63, 3.8) is 0 Å². The van der Waals surface area contributed by atoms with Crippen molar-refractivity contribution < 1.29 is 28.2 Å². The van der Waals surface area contributed by atoms with Gasteiger partial charge < -0.3 is 9.15 Å². The maximum absolute atomic E-state index is 13.8. The number of ether oxygens (including phenoxy) is 1. The van der Waals surface area contributed by atoms with E-state index in [1.54, 1.807) is 32.9 Å². The first-order valence-corrected chi connectivity index (χ1v) is 13.3. The summed E-state index contributed by atoms with van der Waals surface area (Å²) >= 11 is 1.01. The van der Waals surface area contributed by atoms with E-state index in [4.69, 9.17) is 9.15 Å². The SMILES string of the molecule is CCOC(=O)C1=C(C)N=c2s/c(=C/c3ccc(-c4ccc(F)cc4[N+](=O)[O-])o3)c(=O)n2[C@H]1c1ccc(C)c([N+](=O)[O-])c1. The number of halogens is 1. The van der Waals surface area contributed by atoms with Crippen molar-refractivity contribution in [1.29, 1.82) is 0 Å². The Hall–Kier alpha value is -5.24. The predicted octanol–water partition coefficient (Wildman–Crippen LogP) is 4.32. The average Bonchev–Trinajstić information content (AvgIpc) is 3.52. The van der Waals surface area contributed by atoms with Crippen molar-refractivity contribution in [2.45, 2.75) is 26.8 Å². The van der Waals surface area contributed by atoms with Crippen LogP contribution in [0.2, 0.25) is 0 Å². The topological polar surface area (TPSA) is 160 Å². The molecule has 3 heterocycles. The molecule has 0 saturated carbocycles. The summed E-state index contributed by atoms with van der Waals surface area (Å²) in [6.07, 6.45) is 1.42. The third-order valence-electron chi connectivity index (χ3n) is 6.58. The molecular formula is C28H21FN4O8S. The molecule has 0 saturated heterocycles. The molecule has 1 atom stereocenters. The molecule has 5 rings (SSSR count). The van der Waals surface area contributed by atoms with Crippen LogP contribution in [-0.2, 0) is 9.53 Å². The number of nitrogens with zero attached hydrogens (tertiary/aromatic N) is 4. The molecule has 0 radical (unpaired) electrons. The number of nitro benzene ring substituents is 2. The molecular weight excluding hydrogens is 571 g/mol. The van der Waals surface area contributed by atoms with Gasteiger partial charge in [0.2, 0.25) is 0 Å². The lowest BCUT2D eigenvalue weighted by Crippen LogP contribution is -2.40. The Morgan fingerprint density at radius 1 is 1.12 bits per heavy atom. The number of hydrogen-bond acceptors (Lipinski definition) is 10. The number of carbonyl (C=O) groups is 1. The number of aryl methyl sites for hydroxylation is 1. The molecule has 14 heteroatoms. The molecule has 0 amide bonds. The monoisotopic (exact) mass is 592 g/mol. The van der Waals surface area contributed by atoms with Crippen LogP contribution < -0.4 is 14.9 Å². The second-order valence-corrected chi connectivity index (χ2v) is 10.2. The summed E-state index contributed by atoms with van der Waals surface area (Å²) in [7, 11) is 0. The van der Waals surface area contributed by atoms with Gasteiger partial charge in [-0.3, -0.25) is 29.6 Å². The first-order valence-electron chi connectivity index (χ1n) is 12.5. The lowest BCUT2D eigenvalue weighted by atomic mass is 9.94. The van der Waals surface area contributed by atoms with Crippen LogP contribution in [0, 0.1) is 33.0 Å². The van der Waals surface area contributed by atoms with Crippen molar-refractivity contribution in [2.75, 3.05) is 6.61 Å². The van der Waals surface area contributed by atoms with Crippen LogP contribution >= 0.6 is 11.3 Å². The Morgan fingerprint density at radius 3 is 2.55 bits per heavy atom. The van der Waals surface area contributed by atoms with Gasteiger partial charge in [-0.2, -0.15) is 0 Å². The van der Waals surface area contributed by atoms with E-state index in [-0.39, 0.29) is 44.3 Å². The average molecular weight is 593 g/mol. The van der Waals surface area contributed by atoms with Gasteiger partial charge in [0.05, 0.1) is 49.9 Å². The van der Waals surface area contributed by atoms with Gasteiger partial charge in [0, 0.05) is 17.7 Å². The van der Waals surface area contributed by atoms with Crippen LogP contribution in [0.5, 0.6) is 0 Å². The van der Waals surface area contributed by atoms with Gasteiger partial charge in [-0.1, -0.05) is 23.5 Å². The van der Waals surface area contributed by atoms with Crippen LogP contribution in [0.15, 0.2) is 74.0 Å². The van der Waals surface area contributed by atoms with E-state index in [2.05, 4.69) is 4.99 Å². The number of allylic oxidation sites excluding steroid dienone is 1. The highest BCUT2D eigenvalue weighted by Gasteiger charge is 2.34. The van der Waals surface area contributed by atoms with Gasteiger partial charge in [-0.05, 0) is 50.6 Å². The minimum atomic E-state index is -1.06. The normalized spacial score (nSPS) is 14.9. The van der Waals surface area contributed by atoms with Gasteiger partial charge in [-0.25, -0.2) is 14.2 Å². The molecule has 0 bridgehead atoms. The molecule has 4 aromatic rings. The van der Waals surface area contributed by atoms with E-state index in [9.17, 15) is 34.2 Å². The lowest BCUT2D eigenvalue weighted by molar-refractivity contribution is -0.385. The van der Waals surface area contributed by atoms with Crippen LogP contribution in [0.3, 0.4) is 0 Å². The Kier molecular flexibility index (Phi) is 7.39. The first-order chi connectivity index (χ1) is 20.0. The van der Waals surface area contributed by atoms with Gasteiger partial charge in [0.25, 0.3) is 16.9 Å². The third-order valence-corrected chi connectivity index (χ3v) is 7.57. The zero-order valence-corrected chi connectivity index (χ0v) is 23.1. The minimum Gasteiger partial charge on any atom is -0.463 e. The summed E-state index contributed by atoms with van der Waals surface area (Å²) in [4.78, 5) is 53.4. The summed E-state index contributed by atoms with van der Waals surface area (Å²) in [5.41, 5.74) is -0.0675. The van der Waals surface area contributed by atoms with Crippen LogP contribution in [0.1, 0.15) is 36.8 Å². The number of hydrogen-bond donors (Lipinski definition) is 0. The number of benzene rings is 2. The molecule has 42 heavy (non-hydrogen) atoms. The maximum Gasteiger partial charge on any atom is 0.338 e. The molecule has 0 aliphatic carbocycles. The fourth-order valence-electron chi connectivity index (χ4n) is 4.67. The summed E-state index contributed by atoms with van der Waals surface area (Å²) in [5, 5.41) is 23.1. The molecule has 0 fully saturated rings. The van der Waals surface area contributed by atoms with Crippen molar-refractivity contribution >= 4 is 34.8 Å². The first kappa shape index (κ1) is 28.3. The quantitative estimate of drug-likeness (QED) is 0.174. The van der Waals surface area contributed by atoms with Crippen LogP contribution in [0.4, 0.5) is 15.8 Å². The van der Waals surface area contributed by atoms with Gasteiger partial charge >= 0.3 is 5.97 Å². The highest BCUT2D eigenvalue weighted by atomic mass is 32.1. The van der Waals surface area contributed by atoms with E-state index in [0.29, 0.717) is 16.8 Å². The molecule has 12 nitrogen and oxygen atoms in total. The molecule has 0 N–H and O–H groups in total. The number of thiazole rings is 1. The third kappa shape index (κ3) is 5.03. The molecule has 0 unspecified atom stereocenters. The zero-order chi connectivity index (χ0) is 30.3. The Balaban J connectivity index is 1.67. The Labute approximate surface area is 239 Å². The number of rotatable bonds is 7. The predicted molar refractivity (Wildman–Crippen MR) is 149 cm³/mol. The number of esters is 1. The van der Waals surface area contributed by atoms with E-state index >= 15 is 0 Å². The van der Waals surface area contributed by atoms with Crippen LogP contribution in [0.25, 0.3) is 17.4 Å². The van der Waals surface area contributed by atoms with Crippen LogP contribution in [-0.4, -0.2) is 27.0 Å². The number of aromatic nitrogens is 1. The van der Waals surface area contributed by atoms with E-state index in [1.807, 2.05) is 0 Å². The Bertz CT molecular complexity index is 2010. The van der Waals surface area contributed by atoms with Crippen molar-refractivity contribution in [3.05, 3.63) is 122 Å². The second kappa shape index (κ2) is 11.0. The largest absolute Gasteiger partial charge is 0.463 e. The Morgan fingerprint density at radius 2 is 1.86 bits per heavy atom. The smallest absolute Gasteiger partial charge is 0.338 e. The van der Waals surface area contributed by atoms with Crippen molar-refractivity contribution in [1.82, 2.24) is 4.57 Å². The molecule has 214 valence electrons. The molecule has 2 aromatic carbocycles. The minimum absolute atomic E-state index is 0.0539. The number of carbonyl (C=O) groups excluding carboxylic acids is 1. The van der Waals surface area contributed by atoms with E-state index < -0.39 is 38.9 Å². The molecule has 1 aliphatic heterocycles. The summed E-state index contributed by atoms with van der Waals surface area (Å²) in [5.74, 6) is -1.22. The molecule has 0 spiro atoms. The lowest BCUT2D eigenvalue weighted by Gasteiger charge is -2.24. The maximum atomic E-state index is 13.8. The fraction of sp³-hybridized carbons (Fsp3) is 0.179. The highest BCUT2D eigenvalue weighted by Crippen LogP contribution is 2.34. The fourth-order valence-corrected chi connectivity index (χ4v) is 5.70. The van der Waals surface area contributed by atoms with Crippen molar-refractivity contribution in [2.24, 2.45) is 4.99 Å². The van der Waals surface area contributed by atoms with Gasteiger partial charge in [0.1, 0.15) is 17.3 Å². The van der Waals surface area contributed by atoms with Gasteiger partial charge in [-0.15, -0.1) is 0 Å². The number of nitro groups is 2. The van der Waals surface area contributed by atoms with Crippen molar-refractivity contribution in [3.8, 4) is 11.3 Å². The summed E-state index contributed by atoms with van der Waals surface area (Å²) in [6.45, 7) is 4.87. The standard InChI is InChI=1S/C28H21FN4O8S/c1-4-40-27(35)24-15(3)30-28-31(25(24)16-6-5-14(2)20(11-16)32(36)37)26(34)23(42-28)13-18-8-10-22(41-18)19-9-7-17(29)12-21(19)33(38)39/h5-13,25H,4H2,1-3H3/b23-13+/t25-/m0/s1. The number of fused-ring (bicyclic) bond motifs is 1. The highest BCUT2D eigenvalue weighted by molar-refractivity contribution is 7.07. The molecule has 1 aliphatic rings. The summed E-state index contributed by atoms with van der Waals surface area (Å²) in [6, 6.07) is 9.45. The zero-order valence-electron chi connectivity index (χ0n) is 22.3. The second-order valence-electron chi connectivity index (χ2n) is 9.23. The number of furan rings is 1.